The van der Waals surface area contributed by atoms with Crippen molar-refractivity contribution < 1.29 is 9.18 Å². The summed E-state index contributed by atoms with van der Waals surface area (Å²) in [6.45, 7) is 4.95. The van der Waals surface area contributed by atoms with Crippen molar-refractivity contribution in [3.63, 3.8) is 0 Å². The molecule has 0 aliphatic carbocycles. The molecule has 0 fully saturated rings. The molecule has 0 unspecified atom stereocenters. The van der Waals surface area contributed by atoms with Crippen molar-refractivity contribution in [3.8, 4) is 0 Å². The molecular weight excluding hydrogens is 275 g/mol. The van der Waals surface area contributed by atoms with E-state index in [0.29, 0.717) is 36.8 Å². The fourth-order valence-electron chi connectivity index (χ4n) is 1.83. The standard InChI is InChI=1S/C15H21FN2OS/c1-11(2)9-15(19)18(8-7-14(17)20)10-12-3-5-13(16)6-4-12/h3-6,11H,7-10H2,1-2H3,(H2,17,20). The van der Waals surface area contributed by atoms with E-state index >= 15 is 0 Å². The zero-order chi connectivity index (χ0) is 15.1. The van der Waals surface area contributed by atoms with Crippen LogP contribution in [-0.2, 0) is 11.3 Å². The molecule has 1 aromatic rings. The van der Waals surface area contributed by atoms with E-state index in [0.717, 1.165) is 5.56 Å². The Kier molecular flexibility index (Phi) is 6.58. The van der Waals surface area contributed by atoms with Crippen LogP contribution in [0.3, 0.4) is 0 Å². The van der Waals surface area contributed by atoms with Crippen molar-refractivity contribution in [2.24, 2.45) is 11.7 Å². The summed E-state index contributed by atoms with van der Waals surface area (Å²) in [6.07, 6.45) is 0.985. The number of rotatable bonds is 7. The molecule has 20 heavy (non-hydrogen) atoms. The molecule has 110 valence electrons. The summed E-state index contributed by atoms with van der Waals surface area (Å²) in [4.78, 5) is 14.3. The SMILES string of the molecule is CC(C)CC(=O)N(CCC(N)=S)Cc1ccc(F)cc1. The second-order valence-corrected chi connectivity index (χ2v) is 5.78. The van der Waals surface area contributed by atoms with Crippen molar-refractivity contribution in [2.75, 3.05) is 6.54 Å². The van der Waals surface area contributed by atoms with Gasteiger partial charge in [-0.3, -0.25) is 4.79 Å². The highest BCUT2D eigenvalue weighted by molar-refractivity contribution is 7.80. The van der Waals surface area contributed by atoms with Crippen LogP contribution in [0, 0.1) is 11.7 Å². The fraction of sp³-hybridized carbons (Fsp3) is 0.467. The Morgan fingerprint density at radius 3 is 2.45 bits per heavy atom. The number of hydrogen-bond acceptors (Lipinski definition) is 2. The largest absolute Gasteiger partial charge is 0.393 e. The highest BCUT2D eigenvalue weighted by atomic mass is 32.1. The first-order chi connectivity index (χ1) is 9.38. The van der Waals surface area contributed by atoms with Gasteiger partial charge in [-0.2, -0.15) is 0 Å². The van der Waals surface area contributed by atoms with Crippen molar-refractivity contribution in [3.05, 3.63) is 35.6 Å². The molecule has 0 saturated heterocycles. The molecule has 0 heterocycles. The monoisotopic (exact) mass is 296 g/mol. The van der Waals surface area contributed by atoms with Crippen molar-refractivity contribution >= 4 is 23.1 Å². The van der Waals surface area contributed by atoms with Crippen molar-refractivity contribution in [1.29, 1.82) is 0 Å². The van der Waals surface area contributed by atoms with Gasteiger partial charge in [-0.15, -0.1) is 0 Å². The Labute approximate surface area is 125 Å². The molecule has 0 aliphatic rings. The van der Waals surface area contributed by atoms with Gasteiger partial charge in [-0.25, -0.2) is 4.39 Å². The van der Waals surface area contributed by atoms with Crippen LogP contribution < -0.4 is 5.73 Å². The third kappa shape index (κ3) is 6.10. The lowest BCUT2D eigenvalue weighted by atomic mass is 10.1. The smallest absolute Gasteiger partial charge is 0.223 e. The first-order valence-electron chi connectivity index (χ1n) is 6.69. The van der Waals surface area contributed by atoms with Crippen LogP contribution in [0.1, 0.15) is 32.3 Å². The normalized spacial score (nSPS) is 10.6. The van der Waals surface area contributed by atoms with Crippen LogP contribution in [-0.4, -0.2) is 22.3 Å². The van der Waals surface area contributed by atoms with E-state index in [4.69, 9.17) is 18.0 Å². The predicted octanol–water partition coefficient (Wildman–Crippen LogP) is 2.88. The van der Waals surface area contributed by atoms with Crippen molar-refractivity contribution in [1.82, 2.24) is 4.90 Å². The Morgan fingerprint density at radius 2 is 1.95 bits per heavy atom. The van der Waals surface area contributed by atoms with Gasteiger partial charge in [-0.1, -0.05) is 38.2 Å². The average molecular weight is 296 g/mol. The summed E-state index contributed by atoms with van der Waals surface area (Å²) < 4.78 is 12.9. The molecule has 0 spiro atoms. The minimum absolute atomic E-state index is 0.0700. The maximum Gasteiger partial charge on any atom is 0.223 e. The Morgan fingerprint density at radius 1 is 1.35 bits per heavy atom. The van der Waals surface area contributed by atoms with Gasteiger partial charge in [0.25, 0.3) is 0 Å². The fourth-order valence-corrected chi connectivity index (χ4v) is 1.92. The van der Waals surface area contributed by atoms with Gasteiger partial charge < -0.3 is 10.6 Å². The van der Waals surface area contributed by atoms with E-state index in [2.05, 4.69) is 0 Å². The maximum absolute atomic E-state index is 12.9. The highest BCUT2D eigenvalue weighted by Gasteiger charge is 2.15. The molecule has 3 nitrogen and oxygen atoms in total. The third-order valence-corrected chi connectivity index (χ3v) is 3.05. The average Bonchev–Trinajstić information content (AvgIpc) is 2.35. The maximum atomic E-state index is 12.9. The Balaban J connectivity index is 2.72. The van der Waals surface area contributed by atoms with Crippen molar-refractivity contribution in [2.45, 2.75) is 33.2 Å². The predicted molar refractivity (Wildman–Crippen MR) is 82.7 cm³/mol. The van der Waals surface area contributed by atoms with Crippen LogP contribution >= 0.6 is 12.2 Å². The van der Waals surface area contributed by atoms with E-state index in [1.807, 2.05) is 13.8 Å². The number of carbonyl (C=O) groups excluding carboxylic acids is 1. The van der Waals surface area contributed by atoms with Gasteiger partial charge in [0.05, 0.1) is 4.99 Å². The first kappa shape index (κ1) is 16.6. The third-order valence-electron chi connectivity index (χ3n) is 2.85. The molecule has 0 saturated carbocycles. The number of nitrogens with two attached hydrogens (primary N) is 1. The zero-order valence-corrected chi connectivity index (χ0v) is 12.8. The lowest BCUT2D eigenvalue weighted by Gasteiger charge is -2.23. The van der Waals surface area contributed by atoms with Crippen LogP contribution in [0.5, 0.6) is 0 Å². The topological polar surface area (TPSA) is 46.3 Å². The second kappa shape index (κ2) is 7.94. The summed E-state index contributed by atoms with van der Waals surface area (Å²) >= 11 is 4.86. The molecular formula is C15H21FN2OS. The zero-order valence-electron chi connectivity index (χ0n) is 11.9. The molecule has 2 N–H and O–H groups in total. The molecule has 1 rings (SSSR count). The Hall–Kier alpha value is -1.49. The summed E-state index contributed by atoms with van der Waals surface area (Å²) in [5.74, 6) is 0.0839. The van der Waals surface area contributed by atoms with Gasteiger partial charge in [0.2, 0.25) is 5.91 Å². The molecule has 1 aromatic carbocycles. The number of benzene rings is 1. The summed E-state index contributed by atoms with van der Waals surface area (Å²) in [5.41, 5.74) is 6.39. The molecule has 0 aliphatic heterocycles. The van der Waals surface area contributed by atoms with Gasteiger partial charge >= 0.3 is 0 Å². The molecule has 5 heteroatoms. The summed E-state index contributed by atoms with van der Waals surface area (Å²) in [5, 5.41) is 0. The molecule has 0 radical (unpaired) electrons. The number of hydrogen-bond donors (Lipinski definition) is 1. The quantitative estimate of drug-likeness (QED) is 0.787. The van der Waals surface area contributed by atoms with E-state index in [1.165, 1.54) is 12.1 Å². The number of nitrogens with zero attached hydrogens (tertiary/aromatic N) is 1. The van der Waals surface area contributed by atoms with Gasteiger partial charge in [0, 0.05) is 25.9 Å². The highest BCUT2D eigenvalue weighted by Crippen LogP contribution is 2.11. The molecule has 0 bridgehead atoms. The Bertz CT molecular complexity index is 459. The van der Waals surface area contributed by atoms with Gasteiger partial charge in [-0.05, 0) is 23.6 Å². The molecule has 0 atom stereocenters. The minimum atomic E-state index is -0.281. The number of halogens is 1. The van der Waals surface area contributed by atoms with E-state index in [1.54, 1.807) is 17.0 Å². The van der Waals surface area contributed by atoms with Crippen LogP contribution in [0.2, 0.25) is 0 Å². The first-order valence-corrected chi connectivity index (χ1v) is 7.10. The minimum Gasteiger partial charge on any atom is -0.393 e. The molecule has 1 amide bonds. The lowest BCUT2D eigenvalue weighted by molar-refractivity contribution is -0.132. The van der Waals surface area contributed by atoms with Crippen LogP contribution in [0.25, 0.3) is 0 Å². The van der Waals surface area contributed by atoms with Crippen LogP contribution in [0.4, 0.5) is 4.39 Å². The van der Waals surface area contributed by atoms with Gasteiger partial charge in [0.15, 0.2) is 0 Å². The summed E-state index contributed by atoms with van der Waals surface area (Å²) in [7, 11) is 0. The lowest BCUT2D eigenvalue weighted by Crippen LogP contribution is -2.34. The van der Waals surface area contributed by atoms with E-state index in [-0.39, 0.29) is 11.7 Å². The van der Waals surface area contributed by atoms with Gasteiger partial charge in [0.1, 0.15) is 5.82 Å². The van der Waals surface area contributed by atoms with Crippen LogP contribution in [0.15, 0.2) is 24.3 Å². The summed E-state index contributed by atoms with van der Waals surface area (Å²) in [6, 6.07) is 6.17. The molecule has 0 aromatic heterocycles. The number of carbonyl (C=O) groups is 1. The second-order valence-electron chi connectivity index (χ2n) is 5.26. The van der Waals surface area contributed by atoms with E-state index in [9.17, 15) is 9.18 Å². The number of thiocarbonyl (C=S) groups is 1. The van der Waals surface area contributed by atoms with E-state index < -0.39 is 0 Å². The number of amides is 1.